The van der Waals surface area contributed by atoms with Crippen LogP contribution in [0.15, 0.2) is 36.7 Å². The van der Waals surface area contributed by atoms with Crippen LogP contribution in [0.4, 0.5) is 4.39 Å². The Labute approximate surface area is 125 Å². The summed E-state index contributed by atoms with van der Waals surface area (Å²) in [6.07, 6.45) is 3.51. The van der Waals surface area contributed by atoms with Gasteiger partial charge in [-0.15, -0.1) is 0 Å². The van der Waals surface area contributed by atoms with E-state index in [1.165, 1.54) is 6.07 Å². The van der Waals surface area contributed by atoms with Crippen LogP contribution in [-0.2, 0) is 0 Å². The number of fused-ring (bicyclic) bond motifs is 1. The number of aromatic amines is 1. The largest absolute Gasteiger partial charge is 0.330 e. The minimum absolute atomic E-state index is 0.0218. The Kier molecular flexibility index (Phi) is 3.31. The van der Waals surface area contributed by atoms with E-state index in [2.05, 4.69) is 9.97 Å². The molecule has 3 rings (SSSR count). The number of aromatic nitrogens is 3. The van der Waals surface area contributed by atoms with E-state index < -0.39 is 5.82 Å². The van der Waals surface area contributed by atoms with Gasteiger partial charge >= 0.3 is 0 Å². The van der Waals surface area contributed by atoms with Gasteiger partial charge < -0.3 is 9.55 Å². The number of benzene rings is 1. The van der Waals surface area contributed by atoms with E-state index >= 15 is 0 Å². The minimum Gasteiger partial charge on any atom is -0.330 e. The number of hydrogen-bond donors (Lipinski definition) is 1. The molecule has 102 valence electrons. The molecule has 0 radical (unpaired) electrons. The van der Waals surface area contributed by atoms with E-state index in [0.29, 0.717) is 10.3 Å². The van der Waals surface area contributed by atoms with Gasteiger partial charge in [0.25, 0.3) is 0 Å². The zero-order valence-corrected chi connectivity index (χ0v) is 12.2. The first-order chi connectivity index (χ1) is 9.58. The Morgan fingerprint density at radius 3 is 2.95 bits per heavy atom. The maximum atomic E-state index is 13.5. The van der Waals surface area contributed by atoms with Crippen molar-refractivity contribution in [1.29, 1.82) is 0 Å². The van der Waals surface area contributed by atoms with Crippen molar-refractivity contribution in [2.75, 3.05) is 0 Å². The molecule has 20 heavy (non-hydrogen) atoms. The fraction of sp³-hybridized carbons (Fsp3) is 0.143. The van der Waals surface area contributed by atoms with Gasteiger partial charge in [0.05, 0.1) is 22.1 Å². The SMILES string of the molecule is CC(c1cccnc1)n1c(=S)[nH]c2cc(F)c(Cl)cc21. The number of nitrogens with zero attached hydrogens (tertiary/aromatic N) is 2. The van der Waals surface area contributed by atoms with Crippen molar-refractivity contribution in [3.63, 3.8) is 0 Å². The summed E-state index contributed by atoms with van der Waals surface area (Å²) in [5.74, 6) is -0.461. The van der Waals surface area contributed by atoms with E-state index in [1.807, 2.05) is 23.6 Å². The Bertz CT molecular complexity index is 826. The number of hydrogen-bond acceptors (Lipinski definition) is 2. The lowest BCUT2D eigenvalue weighted by Gasteiger charge is -2.14. The van der Waals surface area contributed by atoms with Crippen LogP contribution in [0.25, 0.3) is 11.0 Å². The first kappa shape index (κ1) is 13.3. The molecule has 3 nitrogen and oxygen atoms in total. The molecule has 3 aromatic rings. The standard InChI is InChI=1S/C14H11ClFN3S/c1-8(9-3-2-4-17-7-9)19-13-5-10(15)11(16)6-12(13)18-14(19)20/h2-8H,1H3,(H,18,20). The smallest absolute Gasteiger partial charge is 0.178 e. The van der Waals surface area contributed by atoms with E-state index in [-0.39, 0.29) is 11.1 Å². The Balaban J connectivity index is 2.24. The molecular weight excluding hydrogens is 297 g/mol. The monoisotopic (exact) mass is 307 g/mol. The molecule has 0 aliphatic heterocycles. The van der Waals surface area contributed by atoms with Crippen LogP contribution in [-0.4, -0.2) is 14.5 Å². The molecule has 0 saturated carbocycles. The van der Waals surface area contributed by atoms with Gasteiger partial charge in [-0.2, -0.15) is 0 Å². The Morgan fingerprint density at radius 1 is 1.45 bits per heavy atom. The molecule has 1 N–H and O–H groups in total. The van der Waals surface area contributed by atoms with Gasteiger partial charge in [0.15, 0.2) is 4.77 Å². The Morgan fingerprint density at radius 2 is 2.25 bits per heavy atom. The highest BCUT2D eigenvalue weighted by atomic mass is 35.5. The average Bonchev–Trinajstić information content (AvgIpc) is 2.75. The molecule has 0 amide bonds. The summed E-state index contributed by atoms with van der Waals surface area (Å²) in [7, 11) is 0. The van der Waals surface area contributed by atoms with Crippen LogP contribution in [0.1, 0.15) is 18.5 Å². The van der Waals surface area contributed by atoms with Crippen LogP contribution in [0, 0.1) is 10.6 Å². The first-order valence-corrected chi connectivity index (χ1v) is 6.85. The summed E-state index contributed by atoms with van der Waals surface area (Å²) in [4.78, 5) is 7.12. The third-order valence-corrected chi connectivity index (χ3v) is 3.90. The maximum absolute atomic E-state index is 13.5. The van der Waals surface area contributed by atoms with Crippen LogP contribution < -0.4 is 0 Å². The highest BCUT2D eigenvalue weighted by molar-refractivity contribution is 7.71. The van der Waals surface area contributed by atoms with Crippen LogP contribution in [0.2, 0.25) is 5.02 Å². The third kappa shape index (κ3) is 2.13. The van der Waals surface area contributed by atoms with Gasteiger partial charge in [0.1, 0.15) is 5.82 Å². The van der Waals surface area contributed by atoms with Crippen molar-refractivity contribution in [3.8, 4) is 0 Å². The number of H-pyrrole nitrogens is 1. The highest BCUT2D eigenvalue weighted by Gasteiger charge is 2.15. The molecule has 0 spiro atoms. The molecule has 2 heterocycles. The molecule has 1 unspecified atom stereocenters. The molecular formula is C14H11ClFN3S. The van der Waals surface area contributed by atoms with Crippen LogP contribution in [0.5, 0.6) is 0 Å². The highest BCUT2D eigenvalue weighted by Crippen LogP contribution is 2.27. The second-order valence-corrected chi connectivity index (χ2v) is 5.34. The summed E-state index contributed by atoms with van der Waals surface area (Å²) in [6.45, 7) is 2.01. The molecule has 6 heteroatoms. The molecule has 2 aromatic heterocycles. The van der Waals surface area contributed by atoms with Crippen molar-refractivity contribution < 1.29 is 4.39 Å². The van der Waals surface area contributed by atoms with Crippen molar-refractivity contribution in [3.05, 3.63) is 57.8 Å². The number of imidazole rings is 1. The van der Waals surface area contributed by atoms with Gasteiger partial charge in [-0.1, -0.05) is 17.7 Å². The van der Waals surface area contributed by atoms with Crippen molar-refractivity contribution in [2.45, 2.75) is 13.0 Å². The molecule has 0 aliphatic rings. The Hall–Kier alpha value is -1.72. The van der Waals surface area contributed by atoms with Crippen molar-refractivity contribution in [1.82, 2.24) is 14.5 Å². The second kappa shape index (κ2) is 5.00. The molecule has 0 saturated heterocycles. The summed E-state index contributed by atoms with van der Waals surface area (Å²) in [6, 6.07) is 6.78. The number of pyridine rings is 1. The van der Waals surface area contributed by atoms with E-state index in [9.17, 15) is 4.39 Å². The zero-order valence-electron chi connectivity index (χ0n) is 10.6. The lowest BCUT2D eigenvalue weighted by Crippen LogP contribution is -2.07. The molecule has 0 aliphatic carbocycles. The molecule has 1 aromatic carbocycles. The molecule has 1 atom stereocenters. The number of halogens is 2. The summed E-state index contributed by atoms with van der Waals surface area (Å²) >= 11 is 11.2. The fourth-order valence-electron chi connectivity index (χ4n) is 2.28. The van der Waals surface area contributed by atoms with Crippen LogP contribution >= 0.6 is 23.8 Å². The van der Waals surface area contributed by atoms with Crippen LogP contribution in [0.3, 0.4) is 0 Å². The fourth-order valence-corrected chi connectivity index (χ4v) is 2.80. The number of rotatable bonds is 2. The third-order valence-electron chi connectivity index (χ3n) is 3.31. The maximum Gasteiger partial charge on any atom is 0.178 e. The normalized spacial score (nSPS) is 12.8. The predicted octanol–water partition coefficient (Wildman–Crippen LogP) is 4.50. The summed E-state index contributed by atoms with van der Waals surface area (Å²) < 4.78 is 15.9. The van der Waals surface area contributed by atoms with Gasteiger partial charge in [-0.25, -0.2) is 4.39 Å². The summed E-state index contributed by atoms with van der Waals surface area (Å²) in [5, 5.41) is 0.0821. The van der Waals surface area contributed by atoms with Gasteiger partial charge in [0.2, 0.25) is 0 Å². The lowest BCUT2D eigenvalue weighted by molar-refractivity contribution is 0.628. The quantitative estimate of drug-likeness (QED) is 0.707. The van der Waals surface area contributed by atoms with Crippen molar-refractivity contribution >= 4 is 34.9 Å². The van der Waals surface area contributed by atoms with Crippen molar-refractivity contribution in [2.24, 2.45) is 0 Å². The van der Waals surface area contributed by atoms with E-state index in [1.54, 1.807) is 18.5 Å². The van der Waals surface area contributed by atoms with Gasteiger partial charge in [0, 0.05) is 18.5 Å². The van der Waals surface area contributed by atoms with Gasteiger partial charge in [-0.05, 0) is 36.8 Å². The minimum atomic E-state index is -0.461. The summed E-state index contributed by atoms with van der Waals surface area (Å²) in [5.41, 5.74) is 2.43. The lowest BCUT2D eigenvalue weighted by atomic mass is 10.1. The topological polar surface area (TPSA) is 33.6 Å². The van der Waals surface area contributed by atoms with E-state index in [4.69, 9.17) is 23.8 Å². The first-order valence-electron chi connectivity index (χ1n) is 6.07. The van der Waals surface area contributed by atoms with Gasteiger partial charge in [-0.3, -0.25) is 4.98 Å². The average molecular weight is 308 g/mol. The zero-order chi connectivity index (χ0) is 14.3. The molecule has 0 bridgehead atoms. The van der Waals surface area contributed by atoms with E-state index in [0.717, 1.165) is 11.1 Å². The molecule has 0 fully saturated rings. The predicted molar refractivity (Wildman–Crippen MR) is 80.1 cm³/mol. The number of nitrogens with one attached hydrogen (secondary N) is 1. The second-order valence-electron chi connectivity index (χ2n) is 4.55.